The maximum Gasteiger partial charge on any atom is 0.336 e. The summed E-state index contributed by atoms with van der Waals surface area (Å²) in [7, 11) is -8.74. The fourth-order valence-electron chi connectivity index (χ4n) is 3.86. The molecule has 0 saturated heterocycles. The van der Waals surface area contributed by atoms with Crippen LogP contribution in [-0.2, 0) is 34.0 Å². The average molecular weight is 729 g/mol. The van der Waals surface area contributed by atoms with E-state index in [1.165, 1.54) is 23.5 Å². The predicted molar refractivity (Wildman–Crippen MR) is 191 cm³/mol. The molecule has 0 aliphatic heterocycles. The van der Waals surface area contributed by atoms with Crippen LogP contribution < -0.4 is 14.8 Å². The average Bonchev–Trinajstić information content (AvgIpc) is 3.37. The summed E-state index contributed by atoms with van der Waals surface area (Å²) in [6, 6.07) is 10.8. The van der Waals surface area contributed by atoms with Crippen LogP contribution in [0.5, 0.6) is 17.2 Å². The Morgan fingerprint density at radius 3 is 2.17 bits per heavy atom. The molecule has 0 radical (unpaired) electrons. The standard InChI is InChI=1S/C31H45N2O9PS2Si.CH4/c1-10-38-43(35,39-11-2)20-24-21-44-30(32-24)33-29(34)23-16-26(41-22(3)19-40-46(8,9)31(4,5)6)18-27(17-23)42-25-12-14-28(15-13-25)45(7,36)37;/h12-18,21-22H,10-11,19-20H2,1-9H3,(H,32,33,34);1H4/t22-;/m0./s1. The lowest BCUT2D eigenvalue weighted by Gasteiger charge is -2.36. The van der Waals surface area contributed by atoms with Gasteiger partial charge < -0.3 is 22.9 Å². The molecule has 2 aromatic carbocycles. The van der Waals surface area contributed by atoms with Crippen LogP contribution in [0, 0.1) is 0 Å². The minimum Gasteiger partial charge on any atom is -0.488 e. The molecule has 0 bridgehead atoms. The van der Waals surface area contributed by atoms with Crippen LogP contribution in [0.1, 0.15) is 65.0 Å². The number of nitrogens with one attached hydrogen (secondary N) is 1. The van der Waals surface area contributed by atoms with E-state index < -0.39 is 31.7 Å². The van der Waals surface area contributed by atoms with Crippen molar-refractivity contribution in [2.45, 2.75) is 84.3 Å². The number of sulfone groups is 1. The second kappa shape index (κ2) is 16.7. The van der Waals surface area contributed by atoms with Crippen molar-refractivity contribution >= 4 is 48.1 Å². The van der Waals surface area contributed by atoms with Crippen molar-refractivity contribution < 1.29 is 40.7 Å². The number of thiazole rings is 1. The van der Waals surface area contributed by atoms with E-state index in [0.29, 0.717) is 34.7 Å². The summed E-state index contributed by atoms with van der Waals surface area (Å²) >= 11 is 1.19. The Kier molecular flexibility index (Phi) is 14.4. The second-order valence-electron chi connectivity index (χ2n) is 12.2. The molecule has 1 atom stereocenters. The third kappa shape index (κ3) is 12.1. The first-order valence-corrected chi connectivity index (χ1v) is 22.3. The Labute approximate surface area is 284 Å². The van der Waals surface area contributed by atoms with E-state index in [4.69, 9.17) is 22.9 Å². The van der Waals surface area contributed by atoms with Crippen molar-refractivity contribution in [1.29, 1.82) is 0 Å². The molecule has 0 aliphatic carbocycles. The summed E-state index contributed by atoms with van der Waals surface area (Å²) in [6.45, 7) is 17.0. The van der Waals surface area contributed by atoms with Gasteiger partial charge in [-0.25, -0.2) is 13.4 Å². The quantitative estimate of drug-likeness (QED) is 0.112. The summed E-state index contributed by atoms with van der Waals surface area (Å²) in [6.07, 6.45) is 0.782. The van der Waals surface area contributed by atoms with Gasteiger partial charge in [0.05, 0.1) is 36.6 Å². The smallest absolute Gasteiger partial charge is 0.336 e. The van der Waals surface area contributed by atoms with Crippen molar-refractivity contribution in [2.75, 3.05) is 31.4 Å². The molecule has 11 nitrogen and oxygen atoms in total. The van der Waals surface area contributed by atoms with Gasteiger partial charge in [-0.2, -0.15) is 0 Å². The van der Waals surface area contributed by atoms with Gasteiger partial charge in [-0.15, -0.1) is 11.3 Å². The largest absolute Gasteiger partial charge is 0.488 e. The molecule has 1 amide bonds. The van der Waals surface area contributed by atoms with Crippen LogP contribution in [0.3, 0.4) is 0 Å². The minimum atomic E-state index is -3.37. The highest BCUT2D eigenvalue weighted by Gasteiger charge is 2.37. The number of anilines is 1. The number of hydrogen-bond acceptors (Lipinski definition) is 11. The maximum atomic E-state index is 13.4. The van der Waals surface area contributed by atoms with Crippen molar-refractivity contribution in [3.05, 3.63) is 59.1 Å². The third-order valence-electron chi connectivity index (χ3n) is 7.23. The van der Waals surface area contributed by atoms with Crippen LogP contribution in [0.25, 0.3) is 0 Å². The Bertz CT molecular complexity index is 1630. The predicted octanol–water partition coefficient (Wildman–Crippen LogP) is 8.78. The Hall–Kier alpha value is -2.58. The molecular weight excluding hydrogens is 680 g/mol. The Morgan fingerprint density at radius 1 is 1.02 bits per heavy atom. The lowest BCUT2D eigenvalue weighted by Crippen LogP contribution is -2.43. The minimum absolute atomic E-state index is 0. The van der Waals surface area contributed by atoms with E-state index in [0.717, 1.165) is 6.26 Å². The summed E-state index contributed by atoms with van der Waals surface area (Å²) in [5.74, 6) is 0.604. The second-order valence-corrected chi connectivity index (χ2v) is 22.0. The fourth-order valence-corrected chi connectivity index (χ4v) is 8.00. The number of ether oxygens (including phenoxy) is 2. The molecule has 3 rings (SSSR count). The molecule has 262 valence electrons. The molecule has 1 aromatic heterocycles. The lowest BCUT2D eigenvalue weighted by atomic mass is 10.2. The van der Waals surface area contributed by atoms with Crippen LogP contribution in [-0.4, -0.2) is 59.8 Å². The van der Waals surface area contributed by atoms with Crippen molar-refractivity contribution in [3.63, 3.8) is 0 Å². The van der Waals surface area contributed by atoms with Gasteiger partial charge in [-0.3, -0.25) is 14.7 Å². The van der Waals surface area contributed by atoms with Crippen molar-refractivity contribution in [2.24, 2.45) is 0 Å². The first-order chi connectivity index (χ1) is 21.3. The van der Waals surface area contributed by atoms with Gasteiger partial charge >= 0.3 is 7.60 Å². The third-order valence-corrected chi connectivity index (χ3v) is 15.7. The molecule has 1 heterocycles. The number of nitrogens with zero attached hydrogens (tertiary/aromatic N) is 1. The molecule has 0 unspecified atom stereocenters. The summed E-state index contributed by atoms with van der Waals surface area (Å²) in [5.41, 5.74) is 0.712. The van der Waals surface area contributed by atoms with Gasteiger partial charge in [0.25, 0.3) is 5.91 Å². The molecule has 0 spiro atoms. The highest BCUT2D eigenvalue weighted by molar-refractivity contribution is 7.90. The number of carbonyl (C=O) groups excluding carboxylic acids is 1. The topological polar surface area (TPSA) is 139 Å². The molecule has 47 heavy (non-hydrogen) atoms. The number of carbonyl (C=O) groups is 1. The molecule has 0 saturated carbocycles. The van der Waals surface area contributed by atoms with Gasteiger partial charge in [0.2, 0.25) is 0 Å². The zero-order valence-corrected chi connectivity index (χ0v) is 31.4. The molecule has 15 heteroatoms. The zero-order valence-electron chi connectivity index (χ0n) is 27.9. The maximum absolute atomic E-state index is 13.4. The number of hydrogen-bond donors (Lipinski definition) is 1. The Balaban J connectivity index is 0.00000768. The van der Waals surface area contributed by atoms with E-state index in [1.807, 2.05) is 6.92 Å². The lowest BCUT2D eigenvalue weighted by molar-refractivity contribution is 0.102. The SMILES string of the molecule is C.CCOP(=O)(Cc1csc(NC(=O)c2cc(Oc3ccc(S(C)(=O)=O)cc3)cc(O[C@@H](C)CO[Si](C)(C)C(C)(C)C)c2)n1)OCC. The molecule has 0 aliphatic rings. The van der Waals surface area contributed by atoms with E-state index in [-0.39, 0.29) is 48.4 Å². The summed E-state index contributed by atoms with van der Waals surface area (Å²) in [4.78, 5) is 18.0. The van der Waals surface area contributed by atoms with Gasteiger partial charge in [-0.1, -0.05) is 28.2 Å². The van der Waals surface area contributed by atoms with Crippen molar-refractivity contribution in [3.8, 4) is 17.2 Å². The number of aromatic nitrogens is 1. The summed E-state index contributed by atoms with van der Waals surface area (Å²) < 4.78 is 66.0. The molecule has 3 aromatic rings. The molecule has 1 N–H and O–H groups in total. The first kappa shape index (κ1) is 40.6. The number of rotatable bonds is 16. The highest BCUT2D eigenvalue weighted by atomic mass is 32.2. The highest BCUT2D eigenvalue weighted by Crippen LogP contribution is 2.51. The van der Waals surface area contributed by atoms with Crippen LogP contribution in [0.15, 0.2) is 52.7 Å². The van der Waals surface area contributed by atoms with Crippen LogP contribution >= 0.6 is 18.9 Å². The normalized spacial score (nSPS) is 13.0. The van der Waals surface area contributed by atoms with Crippen LogP contribution in [0.2, 0.25) is 18.1 Å². The summed E-state index contributed by atoms with van der Waals surface area (Å²) in [5, 5.41) is 4.82. The van der Waals surface area contributed by atoms with Gasteiger partial charge in [-0.05, 0) is 75.3 Å². The van der Waals surface area contributed by atoms with E-state index in [9.17, 15) is 17.8 Å². The van der Waals surface area contributed by atoms with Gasteiger partial charge in [0.15, 0.2) is 23.3 Å². The first-order valence-electron chi connectivity index (χ1n) is 14.9. The molecule has 0 fully saturated rings. The number of amides is 1. The zero-order chi connectivity index (χ0) is 34.3. The van der Waals surface area contributed by atoms with E-state index in [2.05, 4.69) is 44.2 Å². The Morgan fingerprint density at radius 2 is 1.62 bits per heavy atom. The monoisotopic (exact) mass is 728 g/mol. The van der Waals surface area contributed by atoms with E-state index in [1.54, 1.807) is 49.6 Å². The van der Waals surface area contributed by atoms with E-state index >= 15 is 0 Å². The number of benzene rings is 2. The van der Waals surface area contributed by atoms with Gasteiger partial charge in [0, 0.05) is 23.3 Å². The van der Waals surface area contributed by atoms with Crippen LogP contribution in [0.4, 0.5) is 5.13 Å². The fraction of sp³-hybridized carbons (Fsp3) is 0.500. The van der Waals surface area contributed by atoms with Crippen molar-refractivity contribution in [1.82, 2.24) is 4.98 Å². The van der Waals surface area contributed by atoms with Gasteiger partial charge in [0.1, 0.15) is 23.4 Å². The molecular formula is C32H49N2O9PS2Si.